The molecule has 1 saturated heterocycles. The molecule has 1 aliphatic heterocycles. The minimum Gasteiger partial charge on any atom is -0.465 e. The number of pyridine rings is 1. The lowest BCUT2D eigenvalue weighted by molar-refractivity contribution is 0.0942. The van der Waals surface area contributed by atoms with Gasteiger partial charge in [-0.3, -0.25) is 0 Å². The molecular weight excluding hydrogens is 249 g/mol. The summed E-state index contributed by atoms with van der Waals surface area (Å²) in [7, 11) is 0. The van der Waals surface area contributed by atoms with E-state index in [-0.39, 0.29) is 11.9 Å². The van der Waals surface area contributed by atoms with E-state index in [1.165, 1.54) is 11.0 Å². The van der Waals surface area contributed by atoms with Crippen LogP contribution in [0.4, 0.5) is 15.0 Å². The van der Waals surface area contributed by atoms with Crippen molar-refractivity contribution in [3.05, 3.63) is 24.1 Å². The van der Waals surface area contributed by atoms with Gasteiger partial charge in [-0.15, -0.1) is 0 Å². The van der Waals surface area contributed by atoms with Crippen LogP contribution >= 0.6 is 0 Å². The van der Waals surface area contributed by atoms with Gasteiger partial charge < -0.3 is 15.3 Å². The van der Waals surface area contributed by atoms with Crippen molar-refractivity contribution in [3.8, 4) is 0 Å². The van der Waals surface area contributed by atoms with E-state index in [4.69, 9.17) is 0 Å². The average Bonchev–Trinajstić information content (AvgIpc) is 2.39. The van der Waals surface area contributed by atoms with E-state index < -0.39 is 6.09 Å². The number of aromatic nitrogens is 1. The van der Waals surface area contributed by atoms with Crippen molar-refractivity contribution in [2.45, 2.75) is 25.8 Å². The number of rotatable bonds is 3. The van der Waals surface area contributed by atoms with Crippen molar-refractivity contribution in [3.63, 3.8) is 0 Å². The van der Waals surface area contributed by atoms with Crippen molar-refractivity contribution < 1.29 is 14.3 Å². The van der Waals surface area contributed by atoms with E-state index in [2.05, 4.69) is 17.2 Å². The smallest absolute Gasteiger partial charge is 0.407 e. The summed E-state index contributed by atoms with van der Waals surface area (Å²) in [6, 6.07) is 2.82. The first-order valence-electron chi connectivity index (χ1n) is 6.41. The molecule has 1 aromatic rings. The van der Waals surface area contributed by atoms with Crippen LogP contribution in [0.15, 0.2) is 18.3 Å². The van der Waals surface area contributed by atoms with Crippen molar-refractivity contribution in [2.24, 2.45) is 5.92 Å². The molecule has 0 unspecified atom stereocenters. The number of hydrogen-bond acceptors (Lipinski definition) is 3. The molecule has 19 heavy (non-hydrogen) atoms. The fourth-order valence-corrected chi connectivity index (χ4v) is 2.36. The highest BCUT2D eigenvalue weighted by Gasteiger charge is 2.29. The van der Waals surface area contributed by atoms with Crippen LogP contribution in [0, 0.1) is 11.7 Å². The van der Waals surface area contributed by atoms with E-state index in [9.17, 15) is 14.3 Å². The number of halogens is 1. The maximum absolute atomic E-state index is 12.7. The normalized spacial score (nSPS) is 23.2. The Kier molecular flexibility index (Phi) is 4.19. The number of piperidine rings is 1. The molecule has 2 rings (SSSR count). The summed E-state index contributed by atoms with van der Waals surface area (Å²) in [6.07, 6.45) is 2.11. The fourth-order valence-electron chi connectivity index (χ4n) is 2.36. The minimum absolute atomic E-state index is 0.0550. The highest BCUT2D eigenvalue weighted by Crippen LogP contribution is 2.22. The topological polar surface area (TPSA) is 65.5 Å². The van der Waals surface area contributed by atoms with E-state index in [0.29, 0.717) is 24.8 Å². The molecule has 0 saturated carbocycles. The number of hydrogen-bond donors (Lipinski definition) is 2. The Morgan fingerprint density at radius 2 is 2.37 bits per heavy atom. The number of carboxylic acid groups (broad SMARTS) is 1. The quantitative estimate of drug-likeness (QED) is 0.882. The standard InChI is InChI=1S/C13H18FN3O2/c1-9-2-4-11(17(8-9)13(18)19)7-16-12-5-3-10(14)6-15-12/h3,5-6,9,11H,2,4,7-8H2,1H3,(H,15,16)(H,18,19)/t9-,11-/m0/s1. The third kappa shape index (κ3) is 3.56. The summed E-state index contributed by atoms with van der Waals surface area (Å²) in [5, 5.41) is 12.3. The van der Waals surface area contributed by atoms with Gasteiger partial charge in [0.25, 0.3) is 0 Å². The Hall–Kier alpha value is -1.85. The molecule has 0 aliphatic carbocycles. The van der Waals surface area contributed by atoms with Crippen LogP contribution in [0.3, 0.4) is 0 Å². The maximum atomic E-state index is 12.7. The fraction of sp³-hybridized carbons (Fsp3) is 0.538. The first-order chi connectivity index (χ1) is 9.06. The molecule has 2 N–H and O–H groups in total. The Morgan fingerprint density at radius 3 is 3.00 bits per heavy atom. The predicted molar refractivity (Wildman–Crippen MR) is 69.6 cm³/mol. The predicted octanol–water partition coefficient (Wildman–Crippen LogP) is 2.41. The minimum atomic E-state index is -0.884. The molecule has 0 aromatic carbocycles. The van der Waals surface area contributed by atoms with Gasteiger partial charge in [-0.25, -0.2) is 14.2 Å². The van der Waals surface area contributed by atoms with Gasteiger partial charge >= 0.3 is 6.09 Å². The van der Waals surface area contributed by atoms with Gasteiger partial charge in [0.05, 0.1) is 12.2 Å². The lowest BCUT2D eigenvalue weighted by atomic mass is 9.94. The number of nitrogens with zero attached hydrogens (tertiary/aromatic N) is 2. The number of amides is 1. The summed E-state index contributed by atoms with van der Waals surface area (Å²) in [5.41, 5.74) is 0. The zero-order chi connectivity index (χ0) is 13.8. The second kappa shape index (κ2) is 5.86. The molecule has 1 aliphatic rings. The molecular formula is C13H18FN3O2. The van der Waals surface area contributed by atoms with Crippen LogP contribution in [-0.4, -0.2) is 40.2 Å². The first kappa shape index (κ1) is 13.6. The van der Waals surface area contributed by atoms with Gasteiger partial charge in [0, 0.05) is 13.1 Å². The van der Waals surface area contributed by atoms with Crippen molar-refractivity contribution in [2.75, 3.05) is 18.4 Å². The van der Waals surface area contributed by atoms with E-state index >= 15 is 0 Å². The first-order valence-corrected chi connectivity index (χ1v) is 6.41. The van der Waals surface area contributed by atoms with Gasteiger partial charge in [-0.05, 0) is 30.9 Å². The van der Waals surface area contributed by atoms with E-state index in [0.717, 1.165) is 19.0 Å². The van der Waals surface area contributed by atoms with Gasteiger partial charge in [0.2, 0.25) is 0 Å². The zero-order valence-electron chi connectivity index (χ0n) is 10.8. The molecule has 5 nitrogen and oxygen atoms in total. The van der Waals surface area contributed by atoms with E-state index in [1.54, 1.807) is 6.07 Å². The van der Waals surface area contributed by atoms with Gasteiger partial charge in [0.15, 0.2) is 0 Å². The molecule has 2 heterocycles. The van der Waals surface area contributed by atoms with E-state index in [1.807, 2.05) is 0 Å². The van der Waals surface area contributed by atoms with Gasteiger partial charge in [-0.2, -0.15) is 0 Å². The second-order valence-corrected chi connectivity index (χ2v) is 5.01. The van der Waals surface area contributed by atoms with Crippen LogP contribution in [-0.2, 0) is 0 Å². The Bertz CT molecular complexity index is 438. The molecule has 6 heteroatoms. The highest BCUT2D eigenvalue weighted by atomic mass is 19.1. The van der Waals surface area contributed by atoms with Gasteiger partial charge in [-0.1, -0.05) is 6.92 Å². The summed E-state index contributed by atoms with van der Waals surface area (Å²) in [4.78, 5) is 16.6. The molecule has 1 aromatic heterocycles. The number of nitrogens with one attached hydrogen (secondary N) is 1. The molecule has 0 bridgehead atoms. The van der Waals surface area contributed by atoms with Crippen molar-refractivity contribution >= 4 is 11.9 Å². The number of anilines is 1. The second-order valence-electron chi connectivity index (χ2n) is 5.01. The third-order valence-corrected chi connectivity index (χ3v) is 3.43. The van der Waals surface area contributed by atoms with Crippen molar-refractivity contribution in [1.29, 1.82) is 0 Å². The highest BCUT2D eigenvalue weighted by molar-refractivity contribution is 5.65. The van der Waals surface area contributed by atoms with Crippen LogP contribution in [0.1, 0.15) is 19.8 Å². The lowest BCUT2D eigenvalue weighted by Crippen LogP contribution is -2.48. The Labute approximate surface area is 111 Å². The third-order valence-electron chi connectivity index (χ3n) is 3.43. The summed E-state index contributed by atoms with van der Waals surface area (Å²) in [6.45, 7) is 3.12. The van der Waals surface area contributed by atoms with Crippen LogP contribution in [0.2, 0.25) is 0 Å². The Balaban J connectivity index is 1.93. The molecule has 104 valence electrons. The summed E-state index contributed by atoms with van der Waals surface area (Å²) in [5.74, 6) is 0.575. The monoisotopic (exact) mass is 267 g/mol. The summed E-state index contributed by atoms with van der Waals surface area (Å²) < 4.78 is 12.7. The maximum Gasteiger partial charge on any atom is 0.407 e. The van der Waals surface area contributed by atoms with Crippen LogP contribution in [0.5, 0.6) is 0 Å². The SMILES string of the molecule is C[C@H]1CC[C@@H](CNc2ccc(F)cn2)N(C(=O)O)C1. The van der Waals surface area contributed by atoms with Gasteiger partial charge in [0.1, 0.15) is 11.6 Å². The molecule has 0 radical (unpaired) electrons. The van der Waals surface area contributed by atoms with Crippen LogP contribution < -0.4 is 5.32 Å². The molecule has 2 atom stereocenters. The molecule has 1 amide bonds. The summed E-state index contributed by atoms with van der Waals surface area (Å²) >= 11 is 0. The Morgan fingerprint density at radius 1 is 1.58 bits per heavy atom. The van der Waals surface area contributed by atoms with Crippen LogP contribution in [0.25, 0.3) is 0 Å². The largest absolute Gasteiger partial charge is 0.465 e. The average molecular weight is 267 g/mol. The zero-order valence-corrected chi connectivity index (χ0v) is 10.8. The van der Waals surface area contributed by atoms with Crippen molar-refractivity contribution in [1.82, 2.24) is 9.88 Å². The molecule has 1 fully saturated rings. The molecule has 0 spiro atoms. The number of likely N-dealkylation sites (tertiary alicyclic amines) is 1. The number of carbonyl (C=O) groups is 1. The lowest BCUT2D eigenvalue weighted by Gasteiger charge is -2.36.